The molecule has 16 heavy (non-hydrogen) atoms. The number of rotatable bonds is 5. The summed E-state index contributed by atoms with van der Waals surface area (Å²) in [6, 6.07) is 1.31. The van der Waals surface area contributed by atoms with E-state index in [1.807, 2.05) is 0 Å². The molecule has 0 aromatic heterocycles. The first-order chi connectivity index (χ1) is 7.65. The molecule has 0 aliphatic heterocycles. The Bertz CT molecular complexity index is 393. The zero-order valence-electron chi connectivity index (χ0n) is 9.05. The Morgan fingerprint density at radius 1 is 1.38 bits per heavy atom. The second kappa shape index (κ2) is 5.84. The molecule has 0 radical (unpaired) electrons. The van der Waals surface area contributed by atoms with Gasteiger partial charge in [0, 0.05) is 12.0 Å². The number of halogens is 2. The van der Waals surface area contributed by atoms with E-state index in [4.69, 9.17) is 9.47 Å². The lowest BCUT2D eigenvalue weighted by Crippen LogP contribution is -2.01. The van der Waals surface area contributed by atoms with Gasteiger partial charge in [0.25, 0.3) is 0 Å². The molecule has 88 valence electrons. The van der Waals surface area contributed by atoms with Crippen molar-refractivity contribution in [2.75, 3.05) is 14.2 Å². The molecular formula is C11H12BrFO3. The molecular weight excluding hydrogens is 279 g/mol. The third-order valence-electron chi connectivity index (χ3n) is 2.16. The number of methoxy groups -OCH3 is 2. The topological polar surface area (TPSA) is 35.5 Å². The highest BCUT2D eigenvalue weighted by molar-refractivity contribution is 9.10. The highest BCUT2D eigenvalue weighted by Crippen LogP contribution is 2.40. The zero-order chi connectivity index (χ0) is 12.1. The van der Waals surface area contributed by atoms with Gasteiger partial charge >= 0.3 is 0 Å². The largest absolute Gasteiger partial charge is 0.492 e. The molecule has 1 aromatic rings. The second-order valence-electron chi connectivity index (χ2n) is 3.09. The van der Waals surface area contributed by atoms with Crippen molar-refractivity contribution in [1.82, 2.24) is 0 Å². The summed E-state index contributed by atoms with van der Waals surface area (Å²) < 4.78 is 24.4. The standard InChI is InChI=1S/C11H12BrFO3/c1-15-10-7(4-3-5-14)9(13)6-8(12)11(10)16-2/h5-6H,3-4H2,1-2H3. The highest BCUT2D eigenvalue weighted by atomic mass is 79.9. The smallest absolute Gasteiger partial charge is 0.175 e. The number of ether oxygens (including phenoxy) is 2. The normalized spacial score (nSPS) is 10.0. The Morgan fingerprint density at radius 3 is 2.50 bits per heavy atom. The van der Waals surface area contributed by atoms with Crippen LogP contribution in [0.2, 0.25) is 0 Å². The summed E-state index contributed by atoms with van der Waals surface area (Å²) in [7, 11) is 2.91. The van der Waals surface area contributed by atoms with Gasteiger partial charge in [-0.05, 0) is 28.4 Å². The van der Waals surface area contributed by atoms with Crippen LogP contribution in [-0.2, 0) is 11.2 Å². The van der Waals surface area contributed by atoms with Crippen LogP contribution in [0.15, 0.2) is 10.5 Å². The van der Waals surface area contributed by atoms with Crippen molar-refractivity contribution in [1.29, 1.82) is 0 Å². The Balaban J connectivity index is 3.27. The Labute approximate surface area is 102 Å². The van der Waals surface area contributed by atoms with Crippen LogP contribution >= 0.6 is 15.9 Å². The van der Waals surface area contributed by atoms with Gasteiger partial charge in [-0.1, -0.05) is 0 Å². The maximum Gasteiger partial charge on any atom is 0.175 e. The third kappa shape index (κ3) is 2.52. The number of benzene rings is 1. The van der Waals surface area contributed by atoms with E-state index in [2.05, 4.69) is 15.9 Å². The van der Waals surface area contributed by atoms with E-state index < -0.39 is 5.82 Å². The molecule has 0 atom stereocenters. The van der Waals surface area contributed by atoms with E-state index >= 15 is 0 Å². The minimum absolute atomic E-state index is 0.248. The summed E-state index contributed by atoms with van der Waals surface area (Å²) in [4.78, 5) is 10.3. The fourth-order valence-corrected chi connectivity index (χ4v) is 2.00. The van der Waals surface area contributed by atoms with Crippen LogP contribution in [0.3, 0.4) is 0 Å². The molecule has 0 saturated heterocycles. The summed E-state index contributed by atoms with van der Waals surface area (Å²) in [5.41, 5.74) is 0.356. The van der Waals surface area contributed by atoms with E-state index in [0.717, 1.165) is 6.29 Å². The van der Waals surface area contributed by atoms with Crippen molar-refractivity contribution >= 4 is 22.2 Å². The summed E-state index contributed by atoms with van der Waals surface area (Å²) in [5.74, 6) is 0.354. The van der Waals surface area contributed by atoms with Crippen LogP contribution in [0.25, 0.3) is 0 Å². The molecule has 5 heteroatoms. The molecule has 3 nitrogen and oxygen atoms in total. The van der Waals surface area contributed by atoms with Gasteiger partial charge in [0.2, 0.25) is 0 Å². The van der Waals surface area contributed by atoms with E-state index in [9.17, 15) is 9.18 Å². The van der Waals surface area contributed by atoms with Crippen molar-refractivity contribution in [2.45, 2.75) is 12.8 Å². The first-order valence-electron chi connectivity index (χ1n) is 4.68. The van der Waals surface area contributed by atoms with Crippen LogP contribution in [0.4, 0.5) is 4.39 Å². The molecule has 0 unspecified atom stereocenters. The minimum Gasteiger partial charge on any atom is -0.492 e. The summed E-state index contributed by atoms with van der Waals surface area (Å²) in [5, 5.41) is 0. The number of hydrogen-bond donors (Lipinski definition) is 0. The molecule has 0 spiro atoms. The molecule has 0 fully saturated rings. The maximum atomic E-state index is 13.7. The number of hydrogen-bond acceptors (Lipinski definition) is 3. The van der Waals surface area contributed by atoms with Gasteiger partial charge in [-0.2, -0.15) is 0 Å². The lowest BCUT2D eigenvalue weighted by molar-refractivity contribution is -0.107. The fraction of sp³-hybridized carbons (Fsp3) is 0.364. The molecule has 0 saturated carbocycles. The van der Waals surface area contributed by atoms with Crippen molar-refractivity contribution in [2.24, 2.45) is 0 Å². The molecule has 0 amide bonds. The average Bonchev–Trinajstić information content (AvgIpc) is 2.27. The molecule has 1 rings (SSSR count). The molecule has 0 heterocycles. The molecule has 0 aliphatic carbocycles. The van der Waals surface area contributed by atoms with Gasteiger partial charge in [0.1, 0.15) is 12.1 Å². The predicted octanol–water partition coefficient (Wildman–Crippen LogP) is 2.74. The van der Waals surface area contributed by atoms with Crippen LogP contribution in [0.1, 0.15) is 12.0 Å². The molecule has 1 aromatic carbocycles. The number of carbonyl (C=O) groups excluding carboxylic acids is 1. The monoisotopic (exact) mass is 290 g/mol. The first kappa shape index (κ1) is 13.0. The quantitative estimate of drug-likeness (QED) is 0.782. The van der Waals surface area contributed by atoms with Crippen molar-refractivity contribution in [3.8, 4) is 11.5 Å². The van der Waals surface area contributed by atoms with E-state index in [-0.39, 0.29) is 6.42 Å². The van der Waals surface area contributed by atoms with Crippen molar-refractivity contribution in [3.63, 3.8) is 0 Å². The first-order valence-corrected chi connectivity index (χ1v) is 5.47. The Kier molecular flexibility index (Phi) is 4.73. The van der Waals surface area contributed by atoms with Crippen LogP contribution in [0, 0.1) is 5.82 Å². The van der Waals surface area contributed by atoms with Crippen LogP contribution < -0.4 is 9.47 Å². The second-order valence-corrected chi connectivity index (χ2v) is 3.94. The lowest BCUT2D eigenvalue weighted by atomic mass is 10.1. The van der Waals surface area contributed by atoms with Gasteiger partial charge in [0.15, 0.2) is 11.5 Å². The number of carbonyl (C=O) groups is 1. The van der Waals surface area contributed by atoms with E-state index in [1.165, 1.54) is 20.3 Å². The summed E-state index contributed by atoms with van der Waals surface area (Å²) >= 11 is 3.19. The van der Waals surface area contributed by atoms with Gasteiger partial charge in [-0.25, -0.2) is 4.39 Å². The van der Waals surface area contributed by atoms with Crippen molar-refractivity contribution in [3.05, 3.63) is 21.9 Å². The molecule has 0 N–H and O–H groups in total. The van der Waals surface area contributed by atoms with Crippen LogP contribution in [0.5, 0.6) is 11.5 Å². The minimum atomic E-state index is -0.411. The molecule has 0 aliphatic rings. The fourth-order valence-electron chi connectivity index (χ4n) is 1.46. The highest BCUT2D eigenvalue weighted by Gasteiger charge is 2.18. The Morgan fingerprint density at radius 2 is 2.00 bits per heavy atom. The van der Waals surface area contributed by atoms with Gasteiger partial charge in [-0.15, -0.1) is 0 Å². The maximum absolute atomic E-state index is 13.7. The average molecular weight is 291 g/mol. The Hall–Kier alpha value is -1.10. The molecule has 0 bridgehead atoms. The lowest BCUT2D eigenvalue weighted by Gasteiger charge is -2.14. The SMILES string of the molecule is COc1c(Br)cc(F)c(CCC=O)c1OC. The zero-order valence-corrected chi connectivity index (χ0v) is 10.6. The van der Waals surface area contributed by atoms with E-state index in [1.54, 1.807) is 0 Å². The van der Waals surface area contributed by atoms with Gasteiger partial charge in [-0.3, -0.25) is 0 Å². The van der Waals surface area contributed by atoms with Gasteiger partial charge < -0.3 is 14.3 Å². The van der Waals surface area contributed by atoms with E-state index in [0.29, 0.717) is 28.0 Å². The predicted molar refractivity (Wildman–Crippen MR) is 61.6 cm³/mol. The van der Waals surface area contributed by atoms with Gasteiger partial charge in [0.05, 0.1) is 18.7 Å². The third-order valence-corrected chi connectivity index (χ3v) is 2.75. The van der Waals surface area contributed by atoms with Crippen molar-refractivity contribution < 1.29 is 18.7 Å². The summed E-state index contributed by atoms with van der Waals surface area (Å²) in [6.07, 6.45) is 1.29. The summed E-state index contributed by atoms with van der Waals surface area (Å²) in [6.45, 7) is 0. The van der Waals surface area contributed by atoms with Crippen LogP contribution in [-0.4, -0.2) is 20.5 Å². The number of aldehydes is 1.